The number of amides is 3. The number of hydrogen-bond donors (Lipinski definition) is 2. The van der Waals surface area contributed by atoms with Crippen molar-refractivity contribution in [2.24, 2.45) is 0 Å². The van der Waals surface area contributed by atoms with Crippen LogP contribution in [0.15, 0.2) is 5.16 Å². The summed E-state index contributed by atoms with van der Waals surface area (Å²) in [5.74, 6) is -0.0952. The van der Waals surface area contributed by atoms with Crippen molar-refractivity contribution in [3.05, 3.63) is 11.4 Å². The molecule has 7 heteroatoms. The molecule has 0 aromatic carbocycles. The molecule has 0 saturated heterocycles. The van der Waals surface area contributed by atoms with E-state index in [2.05, 4.69) is 27.1 Å². The zero-order chi connectivity index (χ0) is 16.8. The summed E-state index contributed by atoms with van der Waals surface area (Å²) in [7, 11) is 0. The third-order valence-corrected chi connectivity index (χ3v) is 5.12. The molecule has 0 radical (unpaired) electrons. The molecular formula is C16H26N4O2S. The molecule has 3 amide bonds. The summed E-state index contributed by atoms with van der Waals surface area (Å²) in [5, 5.41) is 5.86. The third-order valence-electron chi connectivity index (χ3n) is 4.17. The Hall–Kier alpha value is -1.50. The molecule has 1 saturated carbocycles. The van der Waals surface area contributed by atoms with Gasteiger partial charge in [-0.2, -0.15) is 0 Å². The van der Waals surface area contributed by atoms with Crippen molar-refractivity contribution < 1.29 is 9.59 Å². The van der Waals surface area contributed by atoms with Crippen LogP contribution in [0.2, 0.25) is 0 Å². The number of imidazole rings is 1. The molecular weight excluding hydrogens is 312 g/mol. The summed E-state index contributed by atoms with van der Waals surface area (Å²) in [6.07, 6.45) is 5.70. The van der Waals surface area contributed by atoms with E-state index in [4.69, 9.17) is 0 Å². The Morgan fingerprint density at radius 3 is 2.65 bits per heavy atom. The first-order valence-electron chi connectivity index (χ1n) is 8.28. The van der Waals surface area contributed by atoms with Crippen LogP contribution in [-0.2, 0) is 4.79 Å². The van der Waals surface area contributed by atoms with Crippen molar-refractivity contribution in [3.63, 3.8) is 0 Å². The van der Waals surface area contributed by atoms with Gasteiger partial charge in [-0.25, -0.2) is 9.78 Å². The lowest BCUT2D eigenvalue weighted by molar-refractivity contribution is -0.117. The first-order valence-corrected chi connectivity index (χ1v) is 9.27. The summed E-state index contributed by atoms with van der Waals surface area (Å²) in [5.41, 5.74) is 2.20. The van der Waals surface area contributed by atoms with Gasteiger partial charge < -0.3 is 9.88 Å². The molecule has 1 aromatic rings. The van der Waals surface area contributed by atoms with Gasteiger partial charge in [0, 0.05) is 18.3 Å². The van der Waals surface area contributed by atoms with Crippen molar-refractivity contribution in [2.45, 2.75) is 64.1 Å². The number of aryl methyl sites for hydroxylation is 1. The Kier molecular flexibility index (Phi) is 6.50. The third kappa shape index (κ3) is 4.73. The van der Waals surface area contributed by atoms with Crippen LogP contribution in [0, 0.1) is 13.8 Å². The van der Waals surface area contributed by atoms with E-state index < -0.39 is 6.03 Å². The minimum Gasteiger partial charge on any atom is -0.338 e. The summed E-state index contributed by atoms with van der Waals surface area (Å²) < 4.78 is 2.28. The number of carbonyl (C=O) groups excluding carboxylic acids is 2. The Morgan fingerprint density at radius 1 is 1.30 bits per heavy atom. The lowest BCUT2D eigenvalue weighted by Crippen LogP contribution is -2.40. The van der Waals surface area contributed by atoms with Crippen LogP contribution in [0.1, 0.15) is 56.5 Å². The highest BCUT2D eigenvalue weighted by Crippen LogP contribution is 2.35. The zero-order valence-corrected chi connectivity index (χ0v) is 15.0. The molecule has 128 valence electrons. The number of nitrogens with zero attached hydrogens (tertiary/aromatic N) is 2. The zero-order valence-electron chi connectivity index (χ0n) is 14.1. The Bertz CT molecular complexity index is 565. The normalized spacial score (nSPS) is 14.9. The first kappa shape index (κ1) is 17.8. The van der Waals surface area contributed by atoms with E-state index in [-0.39, 0.29) is 11.7 Å². The van der Waals surface area contributed by atoms with Crippen molar-refractivity contribution in [1.29, 1.82) is 0 Å². The largest absolute Gasteiger partial charge is 0.338 e. The minimum atomic E-state index is -0.427. The SMILES string of the molecule is CCCNC(=O)NC(=O)CSc1nc(C)c(C)n1C1CCCC1. The van der Waals surface area contributed by atoms with Gasteiger partial charge >= 0.3 is 6.03 Å². The first-order chi connectivity index (χ1) is 11.0. The van der Waals surface area contributed by atoms with Crippen molar-refractivity contribution in [3.8, 4) is 0 Å². The van der Waals surface area contributed by atoms with E-state index in [1.807, 2.05) is 13.8 Å². The second-order valence-corrected chi connectivity index (χ2v) is 6.91. The number of carbonyl (C=O) groups is 2. The topological polar surface area (TPSA) is 76.0 Å². The maximum atomic E-state index is 11.9. The van der Waals surface area contributed by atoms with E-state index in [0.717, 1.165) is 17.3 Å². The van der Waals surface area contributed by atoms with Gasteiger partial charge in [-0.1, -0.05) is 31.5 Å². The molecule has 0 unspecified atom stereocenters. The molecule has 23 heavy (non-hydrogen) atoms. The predicted octanol–water partition coefficient (Wildman–Crippen LogP) is 2.94. The molecule has 0 atom stereocenters. The highest BCUT2D eigenvalue weighted by Gasteiger charge is 2.23. The van der Waals surface area contributed by atoms with Gasteiger partial charge in [0.25, 0.3) is 0 Å². The smallest absolute Gasteiger partial charge is 0.321 e. The summed E-state index contributed by atoms with van der Waals surface area (Å²) >= 11 is 1.40. The quantitative estimate of drug-likeness (QED) is 0.782. The fourth-order valence-electron chi connectivity index (χ4n) is 2.87. The van der Waals surface area contributed by atoms with E-state index in [1.165, 1.54) is 43.1 Å². The number of rotatable bonds is 6. The Balaban J connectivity index is 1.94. The van der Waals surface area contributed by atoms with Gasteiger partial charge in [-0.15, -0.1) is 0 Å². The molecule has 2 rings (SSSR count). The van der Waals surface area contributed by atoms with Gasteiger partial charge in [0.1, 0.15) is 0 Å². The fraction of sp³-hybridized carbons (Fsp3) is 0.688. The van der Waals surface area contributed by atoms with E-state index in [0.29, 0.717) is 12.6 Å². The second kappa shape index (κ2) is 8.38. The number of imide groups is 1. The average molecular weight is 338 g/mol. The van der Waals surface area contributed by atoms with Crippen LogP contribution in [0.3, 0.4) is 0 Å². The van der Waals surface area contributed by atoms with Crippen molar-refractivity contribution >= 4 is 23.7 Å². The lowest BCUT2D eigenvalue weighted by Gasteiger charge is -2.16. The monoisotopic (exact) mass is 338 g/mol. The van der Waals surface area contributed by atoms with Crippen LogP contribution in [0.5, 0.6) is 0 Å². The number of nitrogens with one attached hydrogen (secondary N) is 2. The standard InChI is InChI=1S/C16H26N4O2S/c1-4-9-17-15(22)19-14(21)10-23-16-18-11(2)12(3)20(16)13-7-5-6-8-13/h13H,4-10H2,1-3H3,(H2,17,19,21,22). The van der Waals surface area contributed by atoms with Crippen LogP contribution in [-0.4, -0.2) is 33.8 Å². The van der Waals surface area contributed by atoms with E-state index in [1.54, 1.807) is 0 Å². The molecule has 0 bridgehead atoms. The predicted molar refractivity (Wildman–Crippen MR) is 91.8 cm³/mol. The average Bonchev–Trinajstić information content (AvgIpc) is 3.12. The van der Waals surface area contributed by atoms with Gasteiger partial charge in [0.05, 0.1) is 11.4 Å². The van der Waals surface area contributed by atoms with Crippen LogP contribution >= 0.6 is 11.8 Å². The maximum Gasteiger partial charge on any atom is 0.321 e. The van der Waals surface area contributed by atoms with Crippen molar-refractivity contribution in [1.82, 2.24) is 20.2 Å². The molecule has 1 aromatic heterocycles. The molecule has 2 N–H and O–H groups in total. The number of thioether (sulfide) groups is 1. The van der Waals surface area contributed by atoms with Crippen LogP contribution < -0.4 is 10.6 Å². The van der Waals surface area contributed by atoms with Crippen LogP contribution in [0.25, 0.3) is 0 Å². The molecule has 1 heterocycles. The molecule has 1 aliphatic carbocycles. The Labute approximate surface area is 141 Å². The molecule has 6 nitrogen and oxygen atoms in total. The Morgan fingerprint density at radius 2 is 2.00 bits per heavy atom. The summed E-state index contributed by atoms with van der Waals surface area (Å²) in [6.45, 7) is 6.62. The van der Waals surface area contributed by atoms with E-state index in [9.17, 15) is 9.59 Å². The van der Waals surface area contributed by atoms with Gasteiger partial charge in [0.15, 0.2) is 5.16 Å². The fourth-order valence-corrected chi connectivity index (χ4v) is 3.82. The highest BCUT2D eigenvalue weighted by atomic mass is 32.2. The van der Waals surface area contributed by atoms with Gasteiger partial charge in [-0.3, -0.25) is 10.1 Å². The van der Waals surface area contributed by atoms with Gasteiger partial charge in [-0.05, 0) is 33.1 Å². The summed E-state index contributed by atoms with van der Waals surface area (Å²) in [6, 6.07) is 0.0681. The number of hydrogen-bond acceptors (Lipinski definition) is 4. The van der Waals surface area contributed by atoms with Crippen molar-refractivity contribution in [2.75, 3.05) is 12.3 Å². The highest BCUT2D eigenvalue weighted by molar-refractivity contribution is 7.99. The maximum absolute atomic E-state index is 11.9. The molecule has 0 aliphatic heterocycles. The minimum absolute atomic E-state index is 0.197. The molecule has 1 aliphatic rings. The molecule has 0 spiro atoms. The summed E-state index contributed by atoms with van der Waals surface area (Å²) in [4.78, 5) is 28.0. The second-order valence-electron chi connectivity index (χ2n) is 5.97. The lowest BCUT2D eigenvalue weighted by atomic mass is 10.2. The van der Waals surface area contributed by atoms with Gasteiger partial charge in [0.2, 0.25) is 5.91 Å². The molecule has 1 fully saturated rings. The number of urea groups is 1. The van der Waals surface area contributed by atoms with E-state index >= 15 is 0 Å². The number of aromatic nitrogens is 2. The van der Waals surface area contributed by atoms with Crippen LogP contribution in [0.4, 0.5) is 4.79 Å².